The van der Waals surface area contributed by atoms with Crippen molar-refractivity contribution in [3.8, 4) is 0 Å². The smallest absolute Gasteiger partial charge is 0.137 e. The van der Waals surface area contributed by atoms with Gasteiger partial charge in [-0.15, -0.1) is 0 Å². The van der Waals surface area contributed by atoms with Gasteiger partial charge in [0.25, 0.3) is 0 Å². The molecule has 0 saturated heterocycles. The van der Waals surface area contributed by atoms with Gasteiger partial charge in [0, 0.05) is 6.54 Å². The highest BCUT2D eigenvalue weighted by Gasteiger charge is 2.34. The molecule has 1 aliphatic rings. The van der Waals surface area contributed by atoms with Crippen LogP contribution in [0.4, 0.5) is 0 Å². The quantitative estimate of drug-likeness (QED) is 0.609. The molecule has 1 saturated carbocycles. The van der Waals surface area contributed by atoms with E-state index in [-0.39, 0.29) is 0 Å². The monoisotopic (exact) mass is 347 g/mol. The molecule has 0 radical (unpaired) electrons. The van der Waals surface area contributed by atoms with Crippen LogP contribution in [0.5, 0.6) is 0 Å². The highest BCUT2D eigenvalue weighted by Crippen LogP contribution is 2.44. The predicted molar refractivity (Wildman–Crippen MR) is 107 cm³/mol. The van der Waals surface area contributed by atoms with E-state index in [1.165, 1.54) is 48.4 Å². The fraction of sp³-hybridized carbons (Fsp3) is 0.478. The average Bonchev–Trinajstić information content (AvgIpc) is 3.13. The Labute approximate surface area is 156 Å². The first-order chi connectivity index (χ1) is 12.6. The van der Waals surface area contributed by atoms with Crippen LogP contribution < -0.4 is 0 Å². The van der Waals surface area contributed by atoms with Crippen molar-refractivity contribution in [1.82, 2.24) is 14.8 Å². The lowest BCUT2D eigenvalue weighted by atomic mass is 9.66. The molecule has 1 heterocycles. The van der Waals surface area contributed by atoms with Crippen LogP contribution in [0.1, 0.15) is 45.1 Å². The van der Waals surface area contributed by atoms with Gasteiger partial charge < -0.3 is 0 Å². The number of aromatic nitrogens is 3. The van der Waals surface area contributed by atoms with Crippen LogP contribution in [0.3, 0.4) is 0 Å². The molecular formula is C23H29N3. The molecule has 2 aromatic carbocycles. The summed E-state index contributed by atoms with van der Waals surface area (Å²) in [6.45, 7) is 5.84. The van der Waals surface area contributed by atoms with Crippen molar-refractivity contribution in [3.05, 3.63) is 60.7 Å². The minimum Gasteiger partial charge on any atom is -0.253 e. The molecule has 26 heavy (non-hydrogen) atoms. The van der Waals surface area contributed by atoms with Crippen molar-refractivity contribution >= 4 is 10.8 Å². The zero-order valence-corrected chi connectivity index (χ0v) is 15.9. The summed E-state index contributed by atoms with van der Waals surface area (Å²) in [5.41, 5.74) is 1.91. The third-order valence-corrected chi connectivity index (χ3v) is 6.18. The normalized spacial score (nSPS) is 22.5. The Morgan fingerprint density at radius 1 is 1.08 bits per heavy atom. The Hall–Kier alpha value is -2.16. The Kier molecular flexibility index (Phi) is 4.80. The maximum atomic E-state index is 4.35. The standard InChI is InChI=1S/C23H29N3/c1-23(2)12-11-20(22(14-23)15-26-17-24-16-25-26)10-8-18-7-9-19-5-3-4-6-21(19)13-18/h3-7,9,13,16-17,20,22H,8,10-12,14-15H2,1-2H3/t20-,22+/m1/s1. The number of aryl methyl sites for hydroxylation is 1. The van der Waals surface area contributed by atoms with Crippen LogP contribution in [0.15, 0.2) is 55.1 Å². The fourth-order valence-electron chi connectivity index (χ4n) is 4.70. The first kappa shape index (κ1) is 17.3. The van der Waals surface area contributed by atoms with Gasteiger partial charge in [0.2, 0.25) is 0 Å². The maximum Gasteiger partial charge on any atom is 0.137 e. The van der Waals surface area contributed by atoms with Gasteiger partial charge in [-0.1, -0.05) is 56.3 Å². The molecule has 3 heteroatoms. The van der Waals surface area contributed by atoms with E-state index in [0.717, 1.165) is 12.5 Å². The number of benzene rings is 2. The molecular weight excluding hydrogens is 318 g/mol. The van der Waals surface area contributed by atoms with E-state index in [2.05, 4.69) is 66.4 Å². The van der Waals surface area contributed by atoms with Crippen LogP contribution in [0.2, 0.25) is 0 Å². The molecule has 4 rings (SSSR count). The number of fused-ring (bicyclic) bond motifs is 1. The molecule has 2 atom stereocenters. The first-order valence-electron chi connectivity index (χ1n) is 9.89. The number of hydrogen-bond acceptors (Lipinski definition) is 2. The molecule has 0 aliphatic heterocycles. The minimum atomic E-state index is 0.449. The molecule has 3 nitrogen and oxygen atoms in total. The summed E-state index contributed by atoms with van der Waals surface area (Å²) in [6, 6.07) is 15.6. The van der Waals surface area contributed by atoms with E-state index in [9.17, 15) is 0 Å². The first-order valence-corrected chi connectivity index (χ1v) is 9.89. The van der Waals surface area contributed by atoms with E-state index in [1.54, 1.807) is 6.33 Å². The maximum absolute atomic E-state index is 4.35. The molecule has 1 fully saturated rings. The summed E-state index contributed by atoms with van der Waals surface area (Å²) >= 11 is 0. The molecule has 136 valence electrons. The van der Waals surface area contributed by atoms with Gasteiger partial charge in [0.1, 0.15) is 12.7 Å². The van der Waals surface area contributed by atoms with Crippen LogP contribution in [0.25, 0.3) is 10.8 Å². The van der Waals surface area contributed by atoms with Gasteiger partial charge in [0.15, 0.2) is 0 Å². The molecule has 3 aromatic rings. The van der Waals surface area contributed by atoms with Gasteiger partial charge in [-0.05, 0) is 65.7 Å². The lowest BCUT2D eigenvalue weighted by Crippen LogP contribution is -2.33. The largest absolute Gasteiger partial charge is 0.253 e. The van der Waals surface area contributed by atoms with Gasteiger partial charge in [-0.3, -0.25) is 4.68 Å². The minimum absolute atomic E-state index is 0.449. The summed E-state index contributed by atoms with van der Waals surface area (Å²) < 4.78 is 2.02. The van der Waals surface area contributed by atoms with Gasteiger partial charge in [0.05, 0.1) is 0 Å². The van der Waals surface area contributed by atoms with Crippen molar-refractivity contribution in [1.29, 1.82) is 0 Å². The summed E-state index contributed by atoms with van der Waals surface area (Å²) in [4.78, 5) is 4.12. The van der Waals surface area contributed by atoms with Crippen LogP contribution in [-0.2, 0) is 13.0 Å². The number of nitrogens with zero attached hydrogens (tertiary/aromatic N) is 3. The SMILES string of the molecule is CC1(C)CC[C@@H](CCc2ccc3ccccc3c2)[C@H](Cn2cncn2)C1. The van der Waals surface area contributed by atoms with E-state index in [1.807, 2.05) is 11.0 Å². The number of rotatable bonds is 5. The Bertz CT molecular complexity index is 851. The predicted octanol–water partition coefficient (Wildman–Crippen LogP) is 5.51. The molecule has 0 N–H and O–H groups in total. The molecule has 0 spiro atoms. The third-order valence-electron chi connectivity index (χ3n) is 6.18. The molecule has 1 aromatic heterocycles. The summed E-state index contributed by atoms with van der Waals surface area (Å²) in [5.74, 6) is 1.47. The fourth-order valence-corrected chi connectivity index (χ4v) is 4.70. The van der Waals surface area contributed by atoms with E-state index in [0.29, 0.717) is 11.3 Å². The highest BCUT2D eigenvalue weighted by atomic mass is 15.3. The van der Waals surface area contributed by atoms with E-state index >= 15 is 0 Å². The molecule has 0 bridgehead atoms. The van der Waals surface area contributed by atoms with Crippen molar-refractivity contribution in [2.24, 2.45) is 17.3 Å². The van der Waals surface area contributed by atoms with Gasteiger partial charge >= 0.3 is 0 Å². The lowest BCUT2D eigenvalue weighted by molar-refractivity contribution is 0.0963. The number of hydrogen-bond donors (Lipinski definition) is 0. The molecule has 1 aliphatic carbocycles. The Balaban J connectivity index is 1.45. The van der Waals surface area contributed by atoms with Crippen LogP contribution in [0, 0.1) is 17.3 Å². The van der Waals surface area contributed by atoms with Gasteiger partial charge in [-0.25, -0.2) is 4.98 Å². The second kappa shape index (κ2) is 7.22. The molecule has 0 amide bonds. The topological polar surface area (TPSA) is 30.7 Å². The summed E-state index contributed by atoms with van der Waals surface area (Å²) in [5, 5.41) is 7.04. The molecule has 0 unspecified atom stereocenters. The zero-order valence-electron chi connectivity index (χ0n) is 15.9. The highest BCUT2D eigenvalue weighted by molar-refractivity contribution is 5.82. The van der Waals surface area contributed by atoms with Crippen LogP contribution in [-0.4, -0.2) is 14.8 Å². The van der Waals surface area contributed by atoms with Crippen molar-refractivity contribution in [3.63, 3.8) is 0 Å². The Morgan fingerprint density at radius 3 is 2.73 bits per heavy atom. The second-order valence-corrected chi connectivity index (χ2v) is 8.76. The van der Waals surface area contributed by atoms with E-state index < -0.39 is 0 Å². The zero-order chi connectivity index (χ0) is 18.0. The Morgan fingerprint density at radius 2 is 1.92 bits per heavy atom. The summed E-state index contributed by atoms with van der Waals surface area (Å²) in [7, 11) is 0. The average molecular weight is 348 g/mol. The van der Waals surface area contributed by atoms with Crippen molar-refractivity contribution in [2.75, 3.05) is 0 Å². The third kappa shape index (κ3) is 3.98. The lowest BCUT2D eigenvalue weighted by Gasteiger charge is -2.41. The summed E-state index contributed by atoms with van der Waals surface area (Å²) in [6.07, 6.45) is 9.91. The van der Waals surface area contributed by atoms with Crippen LogP contribution >= 0.6 is 0 Å². The van der Waals surface area contributed by atoms with E-state index in [4.69, 9.17) is 0 Å². The van der Waals surface area contributed by atoms with Crippen molar-refractivity contribution in [2.45, 2.75) is 52.5 Å². The second-order valence-electron chi connectivity index (χ2n) is 8.76. The van der Waals surface area contributed by atoms with Gasteiger partial charge in [-0.2, -0.15) is 5.10 Å². The van der Waals surface area contributed by atoms with Crippen molar-refractivity contribution < 1.29 is 0 Å².